The number of hydrogen-bond acceptors (Lipinski definition) is 7. The molecule has 3 heterocycles. The fourth-order valence-corrected chi connectivity index (χ4v) is 4.91. The Morgan fingerprint density at radius 3 is 2.61 bits per heavy atom. The van der Waals surface area contributed by atoms with Gasteiger partial charge in [0.1, 0.15) is 11.6 Å². The minimum Gasteiger partial charge on any atom is -0.421 e. The third-order valence-corrected chi connectivity index (χ3v) is 6.96. The first kappa shape index (κ1) is 24.7. The molecule has 2 aromatic heterocycles. The van der Waals surface area contributed by atoms with E-state index in [0.717, 1.165) is 29.7 Å². The first-order chi connectivity index (χ1) is 18.2. The molecule has 2 N–H and O–H groups in total. The molecule has 1 saturated carbocycles. The van der Waals surface area contributed by atoms with Crippen molar-refractivity contribution in [2.75, 3.05) is 42.9 Å². The van der Waals surface area contributed by atoms with Gasteiger partial charge in [-0.05, 0) is 37.8 Å². The smallest absolute Gasteiger partial charge is 0.401 e. The lowest BCUT2D eigenvalue weighted by Gasteiger charge is -2.35. The molecule has 2 aliphatic carbocycles. The van der Waals surface area contributed by atoms with Crippen LogP contribution in [0.5, 0.6) is 11.8 Å². The highest BCUT2D eigenvalue weighted by molar-refractivity contribution is 5.66. The van der Waals surface area contributed by atoms with Gasteiger partial charge in [0.15, 0.2) is 17.4 Å². The topological polar surface area (TPSA) is 82.2 Å². The highest BCUT2D eigenvalue weighted by Crippen LogP contribution is 2.40. The second-order valence-electron chi connectivity index (χ2n) is 10.1. The zero-order valence-corrected chi connectivity index (χ0v) is 20.8. The van der Waals surface area contributed by atoms with E-state index in [-0.39, 0.29) is 24.8 Å². The summed E-state index contributed by atoms with van der Waals surface area (Å²) in [5.74, 6) is 1.44. The Bertz CT molecular complexity index is 1370. The standard InChI is InChI=1S/C26H27F4N7O/c1-15-10-17-4-5-20(24(27)18(17)11-15)38-25-32-21(31-22-12-19(34-35-22)16-2-3-16)13-23(33-25)37-8-6-36(7-9-37)14-26(28,29)30/h4-5,11-13,16H,2-3,6-10,14H2,1H3,(H2,31,32,33,34,35). The Hall–Kier alpha value is -3.67. The largest absolute Gasteiger partial charge is 0.421 e. The van der Waals surface area contributed by atoms with E-state index in [1.807, 2.05) is 24.0 Å². The van der Waals surface area contributed by atoms with Crippen molar-refractivity contribution in [3.63, 3.8) is 0 Å². The maximum Gasteiger partial charge on any atom is 0.401 e. The second-order valence-corrected chi connectivity index (χ2v) is 10.1. The Morgan fingerprint density at radius 1 is 1.08 bits per heavy atom. The van der Waals surface area contributed by atoms with E-state index in [0.29, 0.717) is 48.4 Å². The summed E-state index contributed by atoms with van der Waals surface area (Å²) in [6.07, 6.45) is 0.500. The molecular weight excluding hydrogens is 502 g/mol. The van der Waals surface area contributed by atoms with Gasteiger partial charge in [-0.2, -0.15) is 28.2 Å². The van der Waals surface area contributed by atoms with Crippen molar-refractivity contribution in [2.45, 2.75) is 38.3 Å². The molecule has 0 unspecified atom stereocenters. The lowest BCUT2D eigenvalue weighted by molar-refractivity contribution is -0.146. The number of anilines is 3. The fourth-order valence-electron chi connectivity index (χ4n) is 4.91. The third kappa shape index (κ3) is 5.45. The number of piperazine rings is 1. The number of allylic oxidation sites excluding steroid dienone is 1. The number of benzene rings is 1. The molecule has 0 radical (unpaired) electrons. The highest BCUT2D eigenvalue weighted by Gasteiger charge is 2.32. The summed E-state index contributed by atoms with van der Waals surface area (Å²) in [4.78, 5) is 12.2. The summed E-state index contributed by atoms with van der Waals surface area (Å²) in [5.41, 5.74) is 3.50. The lowest BCUT2D eigenvalue weighted by Crippen LogP contribution is -2.49. The zero-order valence-electron chi connectivity index (χ0n) is 20.8. The molecule has 1 aromatic carbocycles. The summed E-state index contributed by atoms with van der Waals surface area (Å²) >= 11 is 0. The van der Waals surface area contributed by atoms with Crippen LogP contribution in [0.3, 0.4) is 0 Å². The van der Waals surface area contributed by atoms with Crippen molar-refractivity contribution in [2.24, 2.45) is 0 Å². The van der Waals surface area contributed by atoms with Crippen molar-refractivity contribution >= 4 is 23.5 Å². The Morgan fingerprint density at radius 2 is 1.87 bits per heavy atom. The van der Waals surface area contributed by atoms with Crippen LogP contribution in [0.25, 0.3) is 6.08 Å². The van der Waals surface area contributed by atoms with Gasteiger partial charge in [-0.15, -0.1) is 0 Å². The van der Waals surface area contributed by atoms with E-state index in [1.165, 1.54) is 4.90 Å². The van der Waals surface area contributed by atoms with Crippen LogP contribution in [0.4, 0.5) is 35.0 Å². The van der Waals surface area contributed by atoms with E-state index in [1.54, 1.807) is 18.2 Å². The van der Waals surface area contributed by atoms with Crippen LogP contribution in [0.15, 0.2) is 29.8 Å². The number of nitrogens with zero attached hydrogens (tertiary/aromatic N) is 5. The molecule has 200 valence electrons. The molecule has 8 nitrogen and oxygen atoms in total. The van der Waals surface area contributed by atoms with Gasteiger partial charge in [-0.1, -0.05) is 17.7 Å². The van der Waals surface area contributed by atoms with Gasteiger partial charge < -0.3 is 15.0 Å². The minimum atomic E-state index is -4.24. The number of fused-ring (bicyclic) bond motifs is 1. The number of H-pyrrole nitrogens is 1. The van der Waals surface area contributed by atoms with Gasteiger partial charge >= 0.3 is 12.2 Å². The summed E-state index contributed by atoms with van der Waals surface area (Å²) < 4.78 is 59.6. The summed E-state index contributed by atoms with van der Waals surface area (Å²) in [5, 5.41) is 10.5. The molecule has 0 atom stereocenters. The number of hydrogen-bond donors (Lipinski definition) is 2. The Balaban J connectivity index is 1.26. The predicted molar refractivity (Wildman–Crippen MR) is 134 cm³/mol. The molecule has 2 fully saturated rings. The van der Waals surface area contributed by atoms with Gasteiger partial charge in [0.2, 0.25) is 0 Å². The average Bonchev–Trinajstić information content (AvgIpc) is 3.49. The summed E-state index contributed by atoms with van der Waals surface area (Å²) in [7, 11) is 0. The molecule has 0 amide bonds. The molecule has 6 rings (SSSR count). The van der Waals surface area contributed by atoms with Crippen molar-refractivity contribution in [1.82, 2.24) is 25.1 Å². The minimum absolute atomic E-state index is 0.00332. The normalized spacial score (nSPS) is 17.9. The Kier molecular flexibility index (Phi) is 6.21. The van der Waals surface area contributed by atoms with Crippen LogP contribution in [-0.2, 0) is 6.42 Å². The van der Waals surface area contributed by atoms with Gasteiger partial charge in [0, 0.05) is 55.5 Å². The number of ether oxygens (including phenoxy) is 1. The summed E-state index contributed by atoms with van der Waals surface area (Å²) in [6, 6.07) is 6.94. The molecule has 0 spiro atoms. The molecule has 1 aliphatic heterocycles. The molecule has 0 bridgehead atoms. The van der Waals surface area contributed by atoms with Crippen molar-refractivity contribution in [3.05, 3.63) is 52.5 Å². The van der Waals surface area contributed by atoms with E-state index in [4.69, 9.17) is 4.74 Å². The molecule has 38 heavy (non-hydrogen) atoms. The van der Waals surface area contributed by atoms with Crippen LogP contribution in [0.2, 0.25) is 0 Å². The average molecular weight is 530 g/mol. The van der Waals surface area contributed by atoms with Crippen molar-refractivity contribution in [3.8, 4) is 11.8 Å². The molecule has 1 saturated heterocycles. The quantitative estimate of drug-likeness (QED) is 0.397. The van der Waals surface area contributed by atoms with Crippen LogP contribution in [0.1, 0.15) is 42.5 Å². The SMILES string of the molecule is CC1=Cc2c(ccc(Oc3nc(Nc4cc(C5CC5)[nH]n4)cc(N4CCN(CC(F)(F)F)CC4)n3)c2F)C1. The summed E-state index contributed by atoms with van der Waals surface area (Å²) in [6.45, 7) is 2.16. The van der Waals surface area contributed by atoms with Crippen LogP contribution < -0.4 is 15.0 Å². The van der Waals surface area contributed by atoms with E-state index in [9.17, 15) is 13.2 Å². The van der Waals surface area contributed by atoms with Gasteiger partial charge in [-0.3, -0.25) is 10.00 Å². The van der Waals surface area contributed by atoms with Crippen LogP contribution in [-0.4, -0.2) is 64.0 Å². The lowest BCUT2D eigenvalue weighted by atomic mass is 10.1. The van der Waals surface area contributed by atoms with Crippen LogP contribution >= 0.6 is 0 Å². The van der Waals surface area contributed by atoms with E-state index in [2.05, 4.69) is 25.5 Å². The molecule has 3 aliphatic rings. The van der Waals surface area contributed by atoms with E-state index < -0.39 is 18.5 Å². The Labute approximate surface area is 216 Å². The number of aromatic amines is 1. The highest BCUT2D eigenvalue weighted by atomic mass is 19.4. The fraction of sp³-hybridized carbons (Fsp3) is 0.423. The number of alkyl halides is 3. The second kappa shape index (κ2) is 9.57. The maximum absolute atomic E-state index is 15.2. The van der Waals surface area contributed by atoms with Crippen molar-refractivity contribution < 1.29 is 22.3 Å². The van der Waals surface area contributed by atoms with E-state index >= 15 is 4.39 Å². The number of halogens is 4. The van der Waals surface area contributed by atoms with Crippen molar-refractivity contribution in [1.29, 1.82) is 0 Å². The molecule has 3 aromatic rings. The van der Waals surface area contributed by atoms with Gasteiger partial charge in [-0.25, -0.2) is 4.39 Å². The maximum atomic E-state index is 15.2. The van der Waals surface area contributed by atoms with Gasteiger partial charge in [0.25, 0.3) is 0 Å². The first-order valence-electron chi connectivity index (χ1n) is 12.6. The monoisotopic (exact) mass is 529 g/mol. The third-order valence-electron chi connectivity index (χ3n) is 6.96. The number of rotatable bonds is 7. The molecule has 12 heteroatoms. The predicted octanol–water partition coefficient (Wildman–Crippen LogP) is 5.40. The number of nitrogens with one attached hydrogen (secondary N) is 2. The van der Waals surface area contributed by atoms with Crippen LogP contribution in [0, 0.1) is 5.82 Å². The molecular formula is C26H27F4N7O. The number of aromatic nitrogens is 4. The van der Waals surface area contributed by atoms with Gasteiger partial charge in [0.05, 0.1) is 6.54 Å². The first-order valence-corrected chi connectivity index (χ1v) is 12.6. The zero-order chi connectivity index (χ0) is 26.4.